The summed E-state index contributed by atoms with van der Waals surface area (Å²) in [6.07, 6.45) is 2.81. The molecule has 0 radical (unpaired) electrons. The Bertz CT molecular complexity index is 755. The molecule has 22 heavy (non-hydrogen) atoms. The van der Waals surface area contributed by atoms with Crippen LogP contribution in [0, 0.1) is 13.8 Å². The highest BCUT2D eigenvalue weighted by Gasteiger charge is 2.21. The molecular formula is C18H23NO3. The SMILES string of the molecule is Cc1cc(C(C)O)c2oc(N3CCCCC3)c(C)c(=O)c2c1. The van der Waals surface area contributed by atoms with Crippen LogP contribution in [0.2, 0.25) is 0 Å². The molecule has 0 bridgehead atoms. The molecule has 4 nitrogen and oxygen atoms in total. The predicted molar refractivity (Wildman–Crippen MR) is 88.7 cm³/mol. The van der Waals surface area contributed by atoms with Crippen molar-refractivity contribution in [3.05, 3.63) is 39.0 Å². The number of aliphatic hydroxyl groups is 1. The quantitative estimate of drug-likeness (QED) is 0.923. The van der Waals surface area contributed by atoms with Gasteiger partial charge in [0.15, 0.2) is 5.43 Å². The number of rotatable bonds is 2. The summed E-state index contributed by atoms with van der Waals surface area (Å²) in [5, 5.41) is 10.6. The third-order valence-corrected chi connectivity index (χ3v) is 4.46. The molecule has 2 heterocycles. The number of piperidine rings is 1. The molecule has 3 rings (SSSR count). The van der Waals surface area contributed by atoms with E-state index >= 15 is 0 Å². The molecule has 1 aromatic carbocycles. The average Bonchev–Trinajstić information content (AvgIpc) is 2.51. The van der Waals surface area contributed by atoms with E-state index in [1.165, 1.54) is 6.42 Å². The fraction of sp³-hybridized carbons (Fsp3) is 0.500. The van der Waals surface area contributed by atoms with Gasteiger partial charge in [-0.3, -0.25) is 4.79 Å². The lowest BCUT2D eigenvalue weighted by Gasteiger charge is -2.28. The lowest BCUT2D eigenvalue weighted by Crippen LogP contribution is -2.31. The molecule has 1 aromatic heterocycles. The first kappa shape index (κ1) is 15.1. The summed E-state index contributed by atoms with van der Waals surface area (Å²) in [5.41, 5.74) is 2.84. The number of aliphatic hydroxyl groups excluding tert-OH is 1. The van der Waals surface area contributed by atoms with Crippen LogP contribution in [0.5, 0.6) is 0 Å². The Morgan fingerprint density at radius 1 is 1.18 bits per heavy atom. The maximum absolute atomic E-state index is 12.8. The highest BCUT2D eigenvalue weighted by Crippen LogP contribution is 2.30. The van der Waals surface area contributed by atoms with E-state index in [1.807, 2.05) is 26.0 Å². The molecule has 0 saturated carbocycles. The number of nitrogens with zero attached hydrogens (tertiary/aromatic N) is 1. The van der Waals surface area contributed by atoms with Crippen molar-refractivity contribution in [2.75, 3.05) is 18.0 Å². The van der Waals surface area contributed by atoms with Crippen LogP contribution in [0.4, 0.5) is 5.88 Å². The maximum atomic E-state index is 12.8. The van der Waals surface area contributed by atoms with Crippen LogP contribution in [0.15, 0.2) is 21.3 Å². The number of aryl methyl sites for hydroxylation is 1. The van der Waals surface area contributed by atoms with Crippen LogP contribution in [0.3, 0.4) is 0 Å². The summed E-state index contributed by atoms with van der Waals surface area (Å²) in [5.74, 6) is 0.669. The fourth-order valence-corrected chi connectivity index (χ4v) is 3.27. The zero-order valence-corrected chi connectivity index (χ0v) is 13.5. The van der Waals surface area contributed by atoms with Crippen LogP contribution in [-0.4, -0.2) is 18.2 Å². The Balaban J connectivity index is 2.27. The van der Waals surface area contributed by atoms with Crippen molar-refractivity contribution in [3.63, 3.8) is 0 Å². The Hall–Kier alpha value is -1.81. The minimum atomic E-state index is -0.664. The largest absolute Gasteiger partial charge is 0.440 e. The average molecular weight is 301 g/mol. The van der Waals surface area contributed by atoms with Crippen molar-refractivity contribution in [1.82, 2.24) is 0 Å². The summed E-state index contributed by atoms with van der Waals surface area (Å²) in [6.45, 7) is 7.31. The first-order chi connectivity index (χ1) is 10.5. The summed E-state index contributed by atoms with van der Waals surface area (Å²) >= 11 is 0. The third kappa shape index (κ3) is 2.52. The highest BCUT2D eigenvalue weighted by molar-refractivity contribution is 5.83. The van der Waals surface area contributed by atoms with Crippen LogP contribution in [-0.2, 0) is 0 Å². The molecule has 0 aliphatic carbocycles. The summed E-state index contributed by atoms with van der Waals surface area (Å²) in [7, 11) is 0. The highest BCUT2D eigenvalue weighted by atomic mass is 16.4. The zero-order chi connectivity index (χ0) is 15.9. The Kier molecular flexibility index (Phi) is 3.96. The summed E-state index contributed by atoms with van der Waals surface area (Å²) in [6, 6.07) is 3.74. The van der Waals surface area contributed by atoms with E-state index in [4.69, 9.17) is 4.42 Å². The molecule has 1 aliphatic heterocycles. The van der Waals surface area contributed by atoms with E-state index in [1.54, 1.807) is 6.92 Å². The molecule has 1 N–H and O–H groups in total. The molecule has 1 atom stereocenters. The number of hydrogen-bond donors (Lipinski definition) is 1. The lowest BCUT2D eigenvalue weighted by atomic mass is 10.0. The molecule has 1 unspecified atom stereocenters. The zero-order valence-electron chi connectivity index (χ0n) is 13.5. The lowest BCUT2D eigenvalue weighted by molar-refractivity contribution is 0.199. The summed E-state index contributed by atoms with van der Waals surface area (Å²) in [4.78, 5) is 14.9. The van der Waals surface area contributed by atoms with Gasteiger partial charge < -0.3 is 14.4 Å². The van der Waals surface area contributed by atoms with E-state index in [2.05, 4.69) is 4.90 Å². The van der Waals surface area contributed by atoms with E-state index < -0.39 is 6.10 Å². The van der Waals surface area contributed by atoms with Crippen LogP contribution in [0.25, 0.3) is 11.0 Å². The third-order valence-electron chi connectivity index (χ3n) is 4.46. The first-order valence-electron chi connectivity index (χ1n) is 8.00. The monoisotopic (exact) mass is 301 g/mol. The number of hydrogen-bond acceptors (Lipinski definition) is 4. The van der Waals surface area contributed by atoms with Crippen molar-refractivity contribution >= 4 is 16.9 Å². The van der Waals surface area contributed by atoms with Gasteiger partial charge in [-0.05, 0) is 57.7 Å². The van der Waals surface area contributed by atoms with Crippen molar-refractivity contribution in [3.8, 4) is 0 Å². The Morgan fingerprint density at radius 2 is 1.86 bits per heavy atom. The smallest absolute Gasteiger partial charge is 0.202 e. The van der Waals surface area contributed by atoms with Crippen molar-refractivity contribution in [2.24, 2.45) is 0 Å². The minimum absolute atomic E-state index is 0.00687. The van der Waals surface area contributed by atoms with Gasteiger partial charge in [0.25, 0.3) is 0 Å². The van der Waals surface area contributed by atoms with Gasteiger partial charge in [0, 0.05) is 18.7 Å². The van der Waals surface area contributed by atoms with E-state index in [0.717, 1.165) is 31.5 Å². The number of fused-ring (bicyclic) bond motifs is 1. The predicted octanol–water partition coefficient (Wildman–Crippen LogP) is 3.45. The van der Waals surface area contributed by atoms with Crippen LogP contribution < -0.4 is 10.3 Å². The molecule has 0 amide bonds. The standard InChI is InChI=1S/C18H23NO3/c1-11-9-14(13(3)20)17-15(10-11)16(21)12(2)18(22-17)19-7-5-4-6-8-19/h9-10,13,20H,4-8H2,1-3H3. The molecule has 1 fully saturated rings. The number of anilines is 1. The van der Waals surface area contributed by atoms with Crippen molar-refractivity contribution in [1.29, 1.82) is 0 Å². The van der Waals surface area contributed by atoms with Crippen molar-refractivity contribution in [2.45, 2.75) is 46.1 Å². The van der Waals surface area contributed by atoms with E-state index in [0.29, 0.717) is 28.0 Å². The second-order valence-electron chi connectivity index (χ2n) is 6.32. The van der Waals surface area contributed by atoms with Gasteiger partial charge in [-0.25, -0.2) is 0 Å². The summed E-state index contributed by atoms with van der Waals surface area (Å²) < 4.78 is 6.13. The Morgan fingerprint density at radius 3 is 2.50 bits per heavy atom. The van der Waals surface area contributed by atoms with Crippen molar-refractivity contribution < 1.29 is 9.52 Å². The molecule has 2 aromatic rings. The van der Waals surface area contributed by atoms with E-state index in [-0.39, 0.29) is 5.43 Å². The maximum Gasteiger partial charge on any atom is 0.202 e. The van der Waals surface area contributed by atoms with Gasteiger partial charge in [0.2, 0.25) is 5.88 Å². The molecule has 118 valence electrons. The molecule has 1 saturated heterocycles. The second kappa shape index (κ2) is 5.76. The van der Waals surface area contributed by atoms with Gasteiger partial charge in [0.1, 0.15) is 5.58 Å². The normalized spacial score (nSPS) is 17.0. The molecular weight excluding hydrogens is 278 g/mol. The van der Waals surface area contributed by atoms with E-state index in [9.17, 15) is 9.90 Å². The minimum Gasteiger partial charge on any atom is -0.440 e. The van der Waals surface area contributed by atoms with Gasteiger partial charge >= 0.3 is 0 Å². The van der Waals surface area contributed by atoms with Crippen LogP contribution >= 0.6 is 0 Å². The molecule has 1 aliphatic rings. The van der Waals surface area contributed by atoms with Gasteiger partial charge in [-0.1, -0.05) is 0 Å². The fourth-order valence-electron chi connectivity index (χ4n) is 3.27. The molecule has 4 heteroatoms. The van der Waals surface area contributed by atoms with Crippen LogP contribution in [0.1, 0.15) is 49.0 Å². The van der Waals surface area contributed by atoms with Gasteiger partial charge in [-0.15, -0.1) is 0 Å². The van der Waals surface area contributed by atoms with Gasteiger partial charge in [0.05, 0.1) is 17.1 Å². The Labute approximate surface area is 130 Å². The number of benzene rings is 1. The topological polar surface area (TPSA) is 53.7 Å². The van der Waals surface area contributed by atoms with Gasteiger partial charge in [-0.2, -0.15) is 0 Å². The second-order valence-corrected chi connectivity index (χ2v) is 6.32. The first-order valence-corrected chi connectivity index (χ1v) is 8.00. The molecule has 0 spiro atoms.